The number of hydrogen-bond acceptors (Lipinski definition) is 3. The predicted molar refractivity (Wildman–Crippen MR) is 212 cm³/mol. The molecule has 1 aliphatic carbocycles. The highest BCUT2D eigenvalue weighted by Crippen LogP contribution is 2.58. The second-order valence-electron chi connectivity index (χ2n) is 12.9. The molecule has 238 valence electrons. The van der Waals surface area contributed by atoms with Crippen molar-refractivity contribution in [1.29, 1.82) is 0 Å². The molecule has 0 unspecified atom stereocenters. The minimum atomic E-state index is 0.852. The van der Waals surface area contributed by atoms with Crippen LogP contribution in [0.2, 0.25) is 0 Å². The summed E-state index contributed by atoms with van der Waals surface area (Å²) in [4.78, 5) is 11.2. The van der Waals surface area contributed by atoms with Gasteiger partial charge in [-0.2, -0.15) is 0 Å². The average Bonchev–Trinajstić information content (AvgIpc) is 3.53. The van der Waals surface area contributed by atoms with Gasteiger partial charge in [-0.15, -0.1) is 0 Å². The molecule has 0 spiro atoms. The second kappa shape index (κ2) is 11.9. The summed E-state index contributed by atoms with van der Waals surface area (Å²) < 4.78 is 0. The van der Waals surface area contributed by atoms with E-state index in [0.717, 1.165) is 22.8 Å². The van der Waals surface area contributed by atoms with Crippen molar-refractivity contribution in [3.8, 4) is 55.6 Å². The minimum absolute atomic E-state index is 0.852. The van der Waals surface area contributed by atoms with Gasteiger partial charge in [-0.3, -0.25) is 9.88 Å². The summed E-state index contributed by atoms with van der Waals surface area (Å²) in [5.41, 5.74) is 14.6. The zero-order valence-corrected chi connectivity index (χ0v) is 27.7. The van der Waals surface area contributed by atoms with E-state index in [1.807, 2.05) is 48.9 Å². The largest absolute Gasteiger partial charge is 0.295 e. The summed E-state index contributed by atoms with van der Waals surface area (Å²) >= 11 is 0. The topological polar surface area (TPSA) is 29.0 Å². The number of benzene rings is 7. The second-order valence-corrected chi connectivity index (χ2v) is 12.9. The maximum absolute atomic E-state index is 4.73. The van der Waals surface area contributed by atoms with Crippen LogP contribution >= 0.6 is 0 Å². The zero-order valence-electron chi connectivity index (χ0n) is 27.7. The molecule has 3 heteroatoms. The van der Waals surface area contributed by atoms with E-state index in [4.69, 9.17) is 4.98 Å². The molecular formula is C48H31N3. The molecule has 0 fully saturated rings. The fourth-order valence-electron chi connectivity index (χ4n) is 8.07. The quantitative estimate of drug-likeness (QED) is 0.179. The summed E-state index contributed by atoms with van der Waals surface area (Å²) in [5, 5.41) is 5.08. The zero-order chi connectivity index (χ0) is 33.7. The predicted octanol–water partition coefficient (Wildman–Crippen LogP) is 12.9. The van der Waals surface area contributed by atoms with Crippen molar-refractivity contribution in [2.75, 3.05) is 4.90 Å². The number of rotatable bonds is 6. The highest BCUT2D eigenvalue weighted by atomic mass is 15.2. The van der Waals surface area contributed by atoms with Crippen molar-refractivity contribution in [3.05, 3.63) is 188 Å². The first kappa shape index (κ1) is 29.1. The lowest BCUT2D eigenvalue weighted by molar-refractivity contribution is 1.17. The third kappa shape index (κ3) is 4.67. The van der Waals surface area contributed by atoms with E-state index in [0.29, 0.717) is 0 Å². The molecule has 0 radical (unpaired) electrons. The van der Waals surface area contributed by atoms with Crippen LogP contribution in [0.15, 0.2) is 188 Å². The van der Waals surface area contributed by atoms with Crippen LogP contribution in [-0.2, 0) is 0 Å². The Kier molecular flexibility index (Phi) is 6.81. The van der Waals surface area contributed by atoms with Crippen LogP contribution in [0, 0.1) is 0 Å². The van der Waals surface area contributed by atoms with E-state index in [1.54, 1.807) is 0 Å². The molecule has 51 heavy (non-hydrogen) atoms. The number of anilines is 3. The highest BCUT2D eigenvalue weighted by Gasteiger charge is 2.31. The van der Waals surface area contributed by atoms with Gasteiger partial charge in [0.25, 0.3) is 0 Å². The van der Waals surface area contributed by atoms with E-state index < -0.39 is 0 Å². The monoisotopic (exact) mass is 649 g/mol. The molecule has 1 aliphatic rings. The minimum Gasteiger partial charge on any atom is -0.295 e. The van der Waals surface area contributed by atoms with Gasteiger partial charge in [0.2, 0.25) is 0 Å². The molecule has 9 aromatic rings. The summed E-state index contributed by atoms with van der Waals surface area (Å²) in [7, 11) is 0. The molecule has 7 aromatic carbocycles. The normalized spacial score (nSPS) is 11.5. The smallest absolute Gasteiger partial charge is 0.137 e. The molecule has 0 aliphatic heterocycles. The Morgan fingerprint density at radius 3 is 1.59 bits per heavy atom. The third-order valence-corrected chi connectivity index (χ3v) is 10.1. The van der Waals surface area contributed by atoms with Crippen molar-refractivity contribution < 1.29 is 0 Å². The van der Waals surface area contributed by atoms with Crippen molar-refractivity contribution in [2.24, 2.45) is 0 Å². The van der Waals surface area contributed by atoms with Crippen LogP contribution in [0.4, 0.5) is 17.2 Å². The van der Waals surface area contributed by atoms with Gasteiger partial charge in [-0.25, -0.2) is 4.98 Å². The Morgan fingerprint density at radius 2 is 0.922 bits per heavy atom. The van der Waals surface area contributed by atoms with E-state index in [2.05, 4.69) is 149 Å². The molecule has 0 N–H and O–H groups in total. The maximum Gasteiger partial charge on any atom is 0.137 e. The Hall–Kier alpha value is -6.84. The first-order chi connectivity index (χ1) is 25.3. The Labute approximate surface area is 296 Å². The number of aromatic nitrogens is 2. The lowest BCUT2D eigenvalue weighted by atomic mass is 9.82. The fraction of sp³-hybridized carbons (Fsp3) is 0. The standard InChI is InChI=1S/C48H31N3/c1-3-13-32(14-4-1)44-39-19-7-8-20-40(39)45(33-15-5-2-6-16-33)48-42-25-24-37(38-21-12-22-41(46(38)42)47(44)48)34-17-11-18-36(31-34)51(35-26-29-49-30-27-35)43-23-9-10-28-50-43/h1-31H. The lowest BCUT2D eigenvalue weighted by Gasteiger charge is -2.24. The van der Waals surface area contributed by atoms with Crippen LogP contribution in [0.5, 0.6) is 0 Å². The van der Waals surface area contributed by atoms with Crippen LogP contribution in [-0.4, -0.2) is 9.97 Å². The fourth-order valence-corrected chi connectivity index (χ4v) is 8.07. The van der Waals surface area contributed by atoms with Crippen LogP contribution < -0.4 is 4.90 Å². The third-order valence-electron chi connectivity index (χ3n) is 10.1. The SMILES string of the molecule is c1ccc(-c2c3c(c(-c4ccccc4)c4ccccc24)-c2ccc(-c4cccc(N(c5ccncc5)c5ccccn5)c4)c4cccc-3c24)cc1. The average molecular weight is 650 g/mol. The molecule has 2 heterocycles. The van der Waals surface area contributed by atoms with Gasteiger partial charge in [0.15, 0.2) is 0 Å². The van der Waals surface area contributed by atoms with Crippen molar-refractivity contribution in [3.63, 3.8) is 0 Å². The summed E-state index contributed by atoms with van der Waals surface area (Å²) in [6.45, 7) is 0. The number of nitrogens with zero attached hydrogens (tertiary/aromatic N) is 3. The molecule has 2 aromatic heterocycles. The van der Waals surface area contributed by atoms with E-state index in [-0.39, 0.29) is 0 Å². The van der Waals surface area contributed by atoms with E-state index >= 15 is 0 Å². The van der Waals surface area contributed by atoms with E-state index in [1.165, 1.54) is 71.6 Å². The van der Waals surface area contributed by atoms with Crippen molar-refractivity contribution >= 4 is 38.7 Å². The van der Waals surface area contributed by atoms with Gasteiger partial charge in [-0.1, -0.05) is 133 Å². The molecule has 10 rings (SSSR count). The Morgan fingerprint density at radius 1 is 0.353 bits per heavy atom. The number of hydrogen-bond donors (Lipinski definition) is 0. The van der Waals surface area contributed by atoms with Gasteiger partial charge in [-0.05, 0) is 114 Å². The molecule has 0 saturated carbocycles. The van der Waals surface area contributed by atoms with Crippen molar-refractivity contribution in [1.82, 2.24) is 9.97 Å². The molecule has 0 bridgehead atoms. The van der Waals surface area contributed by atoms with Gasteiger partial charge < -0.3 is 0 Å². The van der Waals surface area contributed by atoms with Crippen LogP contribution in [0.3, 0.4) is 0 Å². The van der Waals surface area contributed by atoms with Gasteiger partial charge in [0.1, 0.15) is 5.82 Å². The van der Waals surface area contributed by atoms with Crippen molar-refractivity contribution in [2.45, 2.75) is 0 Å². The van der Waals surface area contributed by atoms with Crippen LogP contribution in [0.25, 0.3) is 77.2 Å². The lowest BCUT2D eigenvalue weighted by Crippen LogP contribution is -2.11. The van der Waals surface area contributed by atoms with Crippen LogP contribution in [0.1, 0.15) is 0 Å². The first-order valence-corrected chi connectivity index (χ1v) is 17.3. The molecule has 0 atom stereocenters. The molecule has 0 saturated heterocycles. The van der Waals surface area contributed by atoms with Gasteiger partial charge in [0, 0.05) is 24.3 Å². The van der Waals surface area contributed by atoms with Gasteiger partial charge in [0.05, 0.1) is 5.69 Å². The highest BCUT2D eigenvalue weighted by molar-refractivity contribution is 6.28. The molecular weight excluding hydrogens is 619 g/mol. The summed E-state index contributed by atoms with van der Waals surface area (Å²) in [6, 6.07) is 61.1. The summed E-state index contributed by atoms with van der Waals surface area (Å²) in [5.74, 6) is 0.852. The maximum atomic E-state index is 4.73. The Balaban J connectivity index is 1.24. The van der Waals surface area contributed by atoms with Gasteiger partial charge >= 0.3 is 0 Å². The molecule has 0 amide bonds. The molecule has 3 nitrogen and oxygen atoms in total. The Bertz CT molecular complexity index is 2590. The first-order valence-electron chi connectivity index (χ1n) is 17.3. The summed E-state index contributed by atoms with van der Waals surface area (Å²) in [6.07, 6.45) is 5.49. The van der Waals surface area contributed by atoms with E-state index in [9.17, 15) is 0 Å². The number of fused-ring (bicyclic) bond motifs is 4. The number of pyridine rings is 2.